The fourth-order valence-electron chi connectivity index (χ4n) is 2.36. The van der Waals surface area contributed by atoms with Crippen LogP contribution < -0.4 is 34.9 Å². The van der Waals surface area contributed by atoms with Gasteiger partial charge in [0.05, 0.1) is 12.8 Å². The van der Waals surface area contributed by atoms with E-state index in [-0.39, 0.29) is 51.9 Å². The zero-order chi connectivity index (χ0) is 21.4. The molecule has 0 bridgehead atoms. The van der Waals surface area contributed by atoms with E-state index in [0.717, 1.165) is 18.0 Å². The first-order valence-electron chi connectivity index (χ1n) is 7.77. The van der Waals surface area contributed by atoms with Crippen LogP contribution in [0.5, 0.6) is 0 Å². The normalized spacial score (nSPS) is 23.0. The predicted molar refractivity (Wildman–Crippen MR) is 101 cm³/mol. The van der Waals surface area contributed by atoms with Gasteiger partial charge < -0.3 is 11.6 Å². The summed E-state index contributed by atoms with van der Waals surface area (Å²) in [7, 11) is -8.61. The molecule has 2 amide bonds. The van der Waals surface area contributed by atoms with Gasteiger partial charge in [0, 0.05) is 5.75 Å². The third-order valence-corrected chi connectivity index (χ3v) is 6.71. The topological polar surface area (TPSA) is 187 Å². The van der Waals surface area contributed by atoms with Gasteiger partial charge in [-0.25, -0.2) is 17.0 Å². The molecule has 0 aromatic heterocycles. The van der Waals surface area contributed by atoms with E-state index in [1.54, 1.807) is 13.8 Å². The third-order valence-electron chi connectivity index (χ3n) is 3.60. The molecule has 0 aliphatic carbocycles. The second-order valence-corrected chi connectivity index (χ2v) is 10.4. The van der Waals surface area contributed by atoms with E-state index in [1.165, 1.54) is 0 Å². The number of amidine groups is 1. The second kappa shape index (κ2) is 9.49. The molecule has 2 saturated heterocycles. The van der Waals surface area contributed by atoms with Crippen molar-refractivity contribution in [1.29, 1.82) is 5.41 Å². The molecule has 2 rings (SSSR count). The van der Waals surface area contributed by atoms with Gasteiger partial charge in [0.25, 0.3) is 11.8 Å². The van der Waals surface area contributed by atoms with Crippen LogP contribution in [-0.2, 0) is 34.8 Å². The standard InChI is InChI=1S/C12H19N5O8S3.Na.H/c1-6(2)25-15-9(8-5-26-12(13)17(8)27(3,20)21)10(18)14-7-4-16(11(7)19)28(22,23)24;;/h6-8,13H,4-5H2,1-3H3,(H,14,18)(H,22,23,24);;/q;+1;-1. The number of oxime groups is 1. The summed E-state index contributed by atoms with van der Waals surface area (Å²) in [5.41, 5.74) is -0.382. The maximum absolute atomic E-state index is 12.6. The fourth-order valence-corrected chi connectivity index (χ4v) is 5.53. The average Bonchev–Trinajstić information content (AvgIpc) is 2.91. The van der Waals surface area contributed by atoms with Crippen LogP contribution in [0.2, 0.25) is 0 Å². The van der Waals surface area contributed by atoms with E-state index < -0.39 is 56.9 Å². The van der Waals surface area contributed by atoms with E-state index in [2.05, 4.69) is 10.5 Å². The minimum absolute atomic E-state index is 0. The Morgan fingerprint density at radius 3 is 2.45 bits per heavy atom. The van der Waals surface area contributed by atoms with Crippen LogP contribution in [0.25, 0.3) is 0 Å². The Bertz CT molecular complexity index is 942. The summed E-state index contributed by atoms with van der Waals surface area (Å²) >= 11 is 0.889. The molecule has 0 saturated carbocycles. The third kappa shape index (κ3) is 6.05. The summed E-state index contributed by atoms with van der Waals surface area (Å²) < 4.78 is 55.7. The number of amides is 2. The Balaban J connectivity index is 0.00000420. The van der Waals surface area contributed by atoms with Gasteiger partial charge in [-0.2, -0.15) is 8.42 Å². The van der Waals surface area contributed by atoms with Gasteiger partial charge in [0.2, 0.25) is 10.0 Å². The Hall–Kier alpha value is -0.910. The first kappa shape index (κ1) is 26.1. The maximum atomic E-state index is 12.6. The number of nitrogens with zero attached hydrogens (tertiary/aromatic N) is 3. The molecule has 2 aliphatic heterocycles. The Labute approximate surface area is 195 Å². The van der Waals surface area contributed by atoms with Crippen LogP contribution in [-0.4, -0.2) is 89.4 Å². The van der Waals surface area contributed by atoms with Gasteiger partial charge in [0.15, 0.2) is 10.9 Å². The van der Waals surface area contributed by atoms with Crippen molar-refractivity contribution in [3.8, 4) is 0 Å². The minimum Gasteiger partial charge on any atom is -1.00 e. The van der Waals surface area contributed by atoms with Gasteiger partial charge in [-0.1, -0.05) is 16.9 Å². The summed E-state index contributed by atoms with van der Waals surface area (Å²) in [5.74, 6) is -1.98. The summed E-state index contributed by atoms with van der Waals surface area (Å²) in [5, 5.41) is 13.4. The monoisotopic (exact) mass is 481 g/mol. The first-order valence-corrected chi connectivity index (χ1v) is 12.0. The zero-order valence-corrected chi connectivity index (χ0v) is 20.5. The number of sulfonamides is 1. The van der Waals surface area contributed by atoms with Gasteiger partial charge in [-0.3, -0.25) is 19.6 Å². The second-order valence-electron chi connectivity index (χ2n) is 6.19. The van der Waals surface area contributed by atoms with E-state index in [1.807, 2.05) is 0 Å². The Kier molecular flexibility index (Phi) is 8.55. The summed E-state index contributed by atoms with van der Waals surface area (Å²) in [6.07, 6.45) is 0.432. The number of nitrogens with one attached hydrogen (secondary N) is 2. The molecule has 2 heterocycles. The van der Waals surface area contributed by atoms with Crippen molar-refractivity contribution in [2.45, 2.75) is 32.0 Å². The fraction of sp³-hybridized carbons (Fsp3) is 0.667. The van der Waals surface area contributed by atoms with Crippen LogP contribution in [0.1, 0.15) is 15.3 Å². The molecule has 3 N–H and O–H groups in total. The number of thioether (sulfide) groups is 1. The molecule has 0 spiro atoms. The van der Waals surface area contributed by atoms with Crippen LogP contribution in [0.4, 0.5) is 0 Å². The van der Waals surface area contributed by atoms with Gasteiger partial charge in [-0.05, 0) is 13.8 Å². The molecule has 13 nitrogen and oxygen atoms in total. The van der Waals surface area contributed by atoms with Crippen molar-refractivity contribution < 1.29 is 66.8 Å². The number of carbonyl (C=O) groups is 2. The predicted octanol–water partition coefficient (Wildman–Crippen LogP) is -4.67. The van der Waals surface area contributed by atoms with E-state index in [9.17, 15) is 26.4 Å². The largest absolute Gasteiger partial charge is 1.00 e. The van der Waals surface area contributed by atoms with Crippen molar-refractivity contribution in [2.24, 2.45) is 5.16 Å². The summed E-state index contributed by atoms with van der Waals surface area (Å²) in [6.45, 7) is 2.77. The van der Waals surface area contributed by atoms with Crippen LogP contribution in [0, 0.1) is 5.41 Å². The molecule has 160 valence electrons. The molecule has 0 radical (unpaired) electrons. The summed E-state index contributed by atoms with van der Waals surface area (Å²) in [6, 6.07) is -2.38. The number of rotatable bonds is 7. The molecule has 2 unspecified atom stereocenters. The quantitative estimate of drug-likeness (QED) is 0.106. The SMILES string of the molecule is CC(C)ON=C(C(=O)NC1CN(S(=O)(=O)O)C1=O)C1CSC(=N)N1S(C)(=O)=O.[H-].[Na+]. The van der Waals surface area contributed by atoms with Crippen molar-refractivity contribution in [2.75, 3.05) is 18.6 Å². The first-order chi connectivity index (χ1) is 12.7. The van der Waals surface area contributed by atoms with Crippen molar-refractivity contribution in [1.82, 2.24) is 13.9 Å². The zero-order valence-electron chi connectivity index (χ0n) is 17.0. The average molecular weight is 482 g/mol. The molecule has 2 aliphatic rings. The Morgan fingerprint density at radius 1 is 1.41 bits per heavy atom. The van der Waals surface area contributed by atoms with Gasteiger partial charge in [0.1, 0.15) is 18.2 Å². The van der Waals surface area contributed by atoms with E-state index >= 15 is 0 Å². The smallest absolute Gasteiger partial charge is 1.00 e. The maximum Gasteiger partial charge on any atom is 1.00 e. The number of carbonyl (C=O) groups excluding carboxylic acids is 2. The van der Waals surface area contributed by atoms with E-state index in [4.69, 9.17) is 14.8 Å². The molecular formula is C12H20N5NaO8S3. The molecule has 0 aromatic rings. The van der Waals surface area contributed by atoms with Crippen molar-refractivity contribution in [3.63, 3.8) is 0 Å². The minimum atomic E-state index is -4.72. The molecule has 2 atom stereocenters. The van der Waals surface area contributed by atoms with Crippen LogP contribution in [0.15, 0.2) is 5.16 Å². The molecule has 29 heavy (non-hydrogen) atoms. The number of hydrogen-bond donors (Lipinski definition) is 3. The van der Waals surface area contributed by atoms with Crippen LogP contribution in [0.3, 0.4) is 0 Å². The van der Waals surface area contributed by atoms with Crippen LogP contribution >= 0.6 is 11.8 Å². The number of hydrogen-bond acceptors (Lipinski definition) is 10. The van der Waals surface area contributed by atoms with E-state index in [0.29, 0.717) is 4.31 Å². The molecule has 0 aromatic carbocycles. The van der Waals surface area contributed by atoms with Gasteiger partial charge >= 0.3 is 39.9 Å². The Morgan fingerprint density at radius 2 is 2.00 bits per heavy atom. The van der Waals surface area contributed by atoms with Gasteiger partial charge in [-0.15, -0.1) is 0 Å². The molecule has 17 heteroatoms. The van der Waals surface area contributed by atoms with Crippen molar-refractivity contribution >= 4 is 54.8 Å². The molecular weight excluding hydrogens is 461 g/mol. The molecule has 2 fully saturated rings. The summed E-state index contributed by atoms with van der Waals surface area (Å²) in [4.78, 5) is 29.5. The van der Waals surface area contributed by atoms with Crippen molar-refractivity contribution in [3.05, 3.63) is 0 Å². The number of β-lactam (4-membered cyclic amide) rings is 1.